The largest absolute Gasteiger partial charge is 0.368 e. The minimum absolute atomic E-state index is 0.521. The van der Waals surface area contributed by atoms with Crippen molar-refractivity contribution in [1.82, 2.24) is 14.8 Å². The smallest absolute Gasteiger partial charge is 0.218 e. The van der Waals surface area contributed by atoms with Gasteiger partial charge in [-0.15, -0.1) is 0 Å². The highest BCUT2D eigenvalue weighted by molar-refractivity contribution is 5.15. The third-order valence-corrected chi connectivity index (χ3v) is 1.72. The Labute approximate surface area is 72.8 Å². The number of rotatable bonds is 3. The predicted octanol–water partition coefficient (Wildman–Crippen LogP) is 1.21. The Morgan fingerprint density at radius 1 is 1.50 bits per heavy atom. The average Bonchev–Trinajstić information content (AvgIpc) is 2.26. The maximum absolute atomic E-state index is 5.62. The van der Waals surface area contributed by atoms with E-state index in [0.717, 1.165) is 18.8 Å². The molecule has 0 aromatic carbocycles. The number of aromatic nitrogens is 3. The number of hydrogen-bond donors (Lipinski definition) is 1. The fourth-order valence-corrected chi connectivity index (χ4v) is 1.02. The third-order valence-electron chi connectivity index (χ3n) is 1.72. The molecule has 0 unspecified atom stereocenters. The van der Waals surface area contributed by atoms with Gasteiger partial charge in [-0.25, -0.2) is 4.68 Å². The van der Waals surface area contributed by atoms with Crippen LogP contribution in [0.5, 0.6) is 0 Å². The summed E-state index contributed by atoms with van der Waals surface area (Å²) in [5, 5.41) is 4.16. The molecule has 0 amide bonds. The lowest BCUT2D eigenvalue weighted by Gasteiger charge is -2.04. The average molecular weight is 168 g/mol. The summed E-state index contributed by atoms with van der Waals surface area (Å²) in [6.07, 6.45) is 1.09. The lowest BCUT2D eigenvalue weighted by atomic mass is 10.1. The molecule has 4 nitrogen and oxygen atoms in total. The van der Waals surface area contributed by atoms with Gasteiger partial charge in [0.2, 0.25) is 5.95 Å². The molecule has 0 saturated carbocycles. The van der Waals surface area contributed by atoms with Crippen molar-refractivity contribution in [2.75, 3.05) is 5.73 Å². The molecule has 12 heavy (non-hydrogen) atoms. The molecule has 0 atom stereocenters. The Bertz CT molecular complexity index is 252. The predicted molar refractivity (Wildman–Crippen MR) is 48.6 cm³/mol. The van der Waals surface area contributed by atoms with Gasteiger partial charge in [0.15, 0.2) is 0 Å². The monoisotopic (exact) mass is 168 g/mol. The normalized spacial score (nSPS) is 11.0. The van der Waals surface area contributed by atoms with Gasteiger partial charge in [-0.3, -0.25) is 0 Å². The summed E-state index contributed by atoms with van der Waals surface area (Å²) in [6.45, 7) is 7.08. The molecular weight excluding hydrogens is 152 g/mol. The highest BCUT2D eigenvalue weighted by Crippen LogP contribution is 2.05. The zero-order chi connectivity index (χ0) is 9.14. The van der Waals surface area contributed by atoms with Crippen LogP contribution in [-0.2, 0) is 6.54 Å². The molecular formula is C8H16N4. The van der Waals surface area contributed by atoms with Crippen molar-refractivity contribution in [2.45, 2.75) is 33.7 Å². The van der Waals surface area contributed by atoms with Crippen molar-refractivity contribution in [3.63, 3.8) is 0 Å². The summed E-state index contributed by atoms with van der Waals surface area (Å²) in [4.78, 5) is 4.02. The number of anilines is 1. The van der Waals surface area contributed by atoms with Crippen LogP contribution in [0.15, 0.2) is 0 Å². The Balaban J connectivity index is 2.57. The van der Waals surface area contributed by atoms with Crippen molar-refractivity contribution in [1.29, 1.82) is 0 Å². The summed E-state index contributed by atoms with van der Waals surface area (Å²) in [5.74, 6) is 1.94. The van der Waals surface area contributed by atoms with E-state index in [0.29, 0.717) is 11.9 Å². The molecule has 0 aliphatic heterocycles. The molecule has 1 aromatic heterocycles. The first-order valence-corrected chi connectivity index (χ1v) is 4.26. The van der Waals surface area contributed by atoms with E-state index in [1.54, 1.807) is 4.68 Å². The van der Waals surface area contributed by atoms with Gasteiger partial charge >= 0.3 is 0 Å². The van der Waals surface area contributed by atoms with Gasteiger partial charge in [0.05, 0.1) is 0 Å². The van der Waals surface area contributed by atoms with E-state index in [4.69, 9.17) is 5.73 Å². The fraction of sp³-hybridized carbons (Fsp3) is 0.750. The molecule has 1 aromatic rings. The van der Waals surface area contributed by atoms with Gasteiger partial charge in [-0.2, -0.15) is 10.1 Å². The highest BCUT2D eigenvalue weighted by Gasteiger charge is 2.03. The number of hydrogen-bond acceptors (Lipinski definition) is 3. The maximum Gasteiger partial charge on any atom is 0.218 e. The third kappa shape index (κ3) is 2.22. The van der Waals surface area contributed by atoms with Gasteiger partial charge in [0, 0.05) is 6.54 Å². The number of nitrogens with zero attached hydrogens (tertiary/aromatic N) is 3. The van der Waals surface area contributed by atoms with E-state index in [-0.39, 0.29) is 0 Å². The lowest BCUT2D eigenvalue weighted by molar-refractivity contribution is 0.489. The molecule has 0 aliphatic rings. The summed E-state index contributed by atoms with van der Waals surface area (Å²) >= 11 is 0. The van der Waals surface area contributed by atoms with Crippen LogP contribution in [0.25, 0.3) is 0 Å². The van der Waals surface area contributed by atoms with Crippen molar-refractivity contribution in [2.24, 2.45) is 5.92 Å². The minimum Gasteiger partial charge on any atom is -0.368 e. The van der Waals surface area contributed by atoms with Gasteiger partial charge in [0.25, 0.3) is 0 Å². The van der Waals surface area contributed by atoms with E-state index >= 15 is 0 Å². The second-order valence-corrected chi connectivity index (χ2v) is 3.42. The number of nitrogen functional groups attached to an aromatic ring is 1. The first-order chi connectivity index (χ1) is 5.59. The van der Waals surface area contributed by atoms with Crippen molar-refractivity contribution < 1.29 is 0 Å². The van der Waals surface area contributed by atoms with E-state index in [1.165, 1.54) is 0 Å². The first kappa shape index (κ1) is 9.03. The van der Waals surface area contributed by atoms with E-state index in [2.05, 4.69) is 23.9 Å². The van der Waals surface area contributed by atoms with Gasteiger partial charge in [-0.1, -0.05) is 13.8 Å². The zero-order valence-corrected chi connectivity index (χ0v) is 7.91. The summed E-state index contributed by atoms with van der Waals surface area (Å²) in [6, 6.07) is 0. The first-order valence-electron chi connectivity index (χ1n) is 4.26. The standard InChI is InChI=1S/C8H16N4/c1-6(2)4-5-12-8(9)10-7(3)11-12/h6H,4-5H2,1-3H3,(H2,9,10,11). The summed E-state index contributed by atoms with van der Waals surface area (Å²) < 4.78 is 1.76. The van der Waals surface area contributed by atoms with Crippen molar-refractivity contribution >= 4 is 5.95 Å². The molecule has 0 aliphatic carbocycles. The molecule has 4 heteroatoms. The molecule has 1 heterocycles. The highest BCUT2D eigenvalue weighted by atomic mass is 15.4. The molecule has 0 radical (unpaired) electrons. The van der Waals surface area contributed by atoms with Crippen LogP contribution < -0.4 is 5.73 Å². The SMILES string of the molecule is Cc1nc(N)n(CCC(C)C)n1. The van der Waals surface area contributed by atoms with Crippen molar-refractivity contribution in [3.05, 3.63) is 5.82 Å². The van der Waals surface area contributed by atoms with Crippen LogP contribution in [0.3, 0.4) is 0 Å². The molecule has 1 rings (SSSR count). The minimum atomic E-state index is 0.521. The summed E-state index contributed by atoms with van der Waals surface area (Å²) in [5.41, 5.74) is 5.62. The molecule has 0 bridgehead atoms. The number of nitrogens with two attached hydrogens (primary N) is 1. The quantitative estimate of drug-likeness (QED) is 0.738. The fourth-order valence-electron chi connectivity index (χ4n) is 1.02. The van der Waals surface area contributed by atoms with E-state index in [9.17, 15) is 0 Å². The molecule has 0 saturated heterocycles. The zero-order valence-electron chi connectivity index (χ0n) is 7.91. The molecule has 0 spiro atoms. The van der Waals surface area contributed by atoms with Crippen LogP contribution in [0.4, 0.5) is 5.95 Å². The Morgan fingerprint density at radius 3 is 2.58 bits per heavy atom. The van der Waals surface area contributed by atoms with Gasteiger partial charge in [-0.05, 0) is 19.3 Å². The topological polar surface area (TPSA) is 56.7 Å². The second-order valence-electron chi connectivity index (χ2n) is 3.42. The molecule has 0 fully saturated rings. The van der Waals surface area contributed by atoms with Crippen LogP contribution >= 0.6 is 0 Å². The van der Waals surface area contributed by atoms with Crippen LogP contribution in [0.1, 0.15) is 26.1 Å². The second kappa shape index (κ2) is 3.56. The Morgan fingerprint density at radius 2 is 2.17 bits per heavy atom. The molecule has 68 valence electrons. The van der Waals surface area contributed by atoms with E-state index < -0.39 is 0 Å². The van der Waals surface area contributed by atoms with Crippen LogP contribution in [0.2, 0.25) is 0 Å². The lowest BCUT2D eigenvalue weighted by Crippen LogP contribution is -2.07. The van der Waals surface area contributed by atoms with Gasteiger partial charge in [0.1, 0.15) is 5.82 Å². The Hall–Kier alpha value is -1.06. The van der Waals surface area contributed by atoms with E-state index in [1.807, 2.05) is 6.92 Å². The van der Waals surface area contributed by atoms with Crippen LogP contribution in [0, 0.1) is 12.8 Å². The molecule has 2 N–H and O–H groups in total. The summed E-state index contributed by atoms with van der Waals surface area (Å²) in [7, 11) is 0. The van der Waals surface area contributed by atoms with Crippen LogP contribution in [-0.4, -0.2) is 14.8 Å². The maximum atomic E-state index is 5.62. The van der Waals surface area contributed by atoms with Crippen molar-refractivity contribution in [3.8, 4) is 0 Å². The Kier molecular flexibility index (Phi) is 2.68. The number of aryl methyl sites for hydroxylation is 2. The van der Waals surface area contributed by atoms with Gasteiger partial charge < -0.3 is 5.73 Å².